The molecule has 1 unspecified atom stereocenters. The summed E-state index contributed by atoms with van der Waals surface area (Å²) in [6.45, 7) is 4.55. The Kier molecular flexibility index (Phi) is 33.7. The number of unbranched alkanes of at least 4 members (excludes halogenated alkanes) is 4. The molecule has 0 aromatic rings. The van der Waals surface area contributed by atoms with Gasteiger partial charge in [0.1, 0.15) is 60.4 Å². The molecule has 0 radical (unpaired) electrons. The van der Waals surface area contributed by atoms with E-state index in [1.807, 2.05) is 6.92 Å². The smallest absolute Gasteiger partial charge is 0.245 e. The van der Waals surface area contributed by atoms with Gasteiger partial charge in [-0.25, -0.2) is 0 Å². The number of nitrogens with two attached hydrogens (primary N) is 4. The van der Waals surface area contributed by atoms with E-state index in [9.17, 15) is 73.2 Å². The van der Waals surface area contributed by atoms with Gasteiger partial charge in [0.15, 0.2) is 0 Å². The van der Waals surface area contributed by atoms with Gasteiger partial charge in [0.2, 0.25) is 65.0 Å². The van der Waals surface area contributed by atoms with Crippen LogP contribution in [0, 0.1) is 5.92 Å². The van der Waals surface area contributed by atoms with Gasteiger partial charge in [0, 0.05) is 13.0 Å². The van der Waals surface area contributed by atoms with Crippen molar-refractivity contribution in [3.63, 3.8) is 0 Å². The summed E-state index contributed by atoms with van der Waals surface area (Å²) in [4.78, 5) is 150. The Hall–Kier alpha value is -6.15. The van der Waals surface area contributed by atoms with Crippen LogP contribution in [0.15, 0.2) is 0 Å². The zero-order valence-electron chi connectivity index (χ0n) is 45.5. The van der Waals surface area contributed by atoms with Crippen LogP contribution in [-0.2, 0) is 52.7 Å². The first-order valence-electron chi connectivity index (χ1n) is 26.6. The van der Waals surface area contributed by atoms with E-state index in [0.29, 0.717) is 6.42 Å². The Bertz CT molecular complexity index is 1970. The normalized spacial score (nSPS) is 23.5. The van der Waals surface area contributed by atoms with Crippen LogP contribution in [0.3, 0.4) is 0 Å². The monoisotopic (exact) mass is 1120 g/mol. The van der Waals surface area contributed by atoms with Crippen LogP contribution in [0.1, 0.15) is 112 Å². The van der Waals surface area contributed by atoms with Crippen molar-refractivity contribution in [3.05, 3.63) is 0 Å². The number of nitrogens with one attached hydrogen (secondary N) is 11. The molecule has 1 heterocycles. The molecular formula is C48H89N15O15. The third-order valence-electron chi connectivity index (χ3n) is 12.3. The number of hydrogen-bond acceptors (Lipinski definition) is 19. The molecule has 12 atom stereocenters. The summed E-state index contributed by atoms with van der Waals surface area (Å²) in [5.41, 5.74) is 23.0. The lowest BCUT2D eigenvalue weighted by atomic mass is 10.0. The van der Waals surface area contributed by atoms with E-state index in [2.05, 4.69) is 58.5 Å². The van der Waals surface area contributed by atoms with E-state index in [1.165, 1.54) is 6.92 Å². The predicted molar refractivity (Wildman–Crippen MR) is 282 cm³/mol. The highest BCUT2D eigenvalue weighted by Crippen LogP contribution is 2.10. The summed E-state index contributed by atoms with van der Waals surface area (Å²) in [7, 11) is 0. The molecule has 0 spiro atoms. The third-order valence-corrected chi connectivity index (χ3v) is 12.3. The number of aliphatic hydroxyl groups excluding tert-OH is 4. The molecule has 1 aliphatic rings. The summed E-state index contributed by atoms with van der Waals surface area (Å²) in [5.74, 6) is -11.1. The molecule has 1 rings (SSSR count). The van der Waals surface area contributed by atoms with Crippen molar-refractivity contribution in [1.82, 2.24) is 58.5 Å². The molecule has 78 heavy (non-hydrogen) atoms. The Morgan fingerprint density at radius 1 is 0.577 bits per heavy atom. The molecule has 30 nitrogen and oxygen atoms in total. The summed E-state index contributed by atoms with van der Waals surface area (Å²) in [5, 5.41) is 68.2. The maximum atomic E-state index is 14.2. The predicted octanol–water partition coefficient (Wildman–Crippen LogP) is -8.10. The van der Waals surface area contributed by atoms with Gasteiger partial charge in [0.25, 0.3) is 0 Å². The summed E-state index contributed by atoms with van der Waals surface area (Å²) >= 11 is 0. The summed E-state index contributed by atoms with van der Waals surface area (Å²) in [6, 6.07) is -15.9. The van der Waals surface area contributed by atoms with Crippen LogP contribution >= 0.6 is 0 Å². The van der Waals surface area contributed by atoms with E-state index in [4.69, 9.17) is 22.9 Å². The summed E-state index contributed by atoms with van der Waals surface area (Å²) in [6.07, 6.45) is -0.0737. The van der Waals surface area contributed by atoms with Crippen molar-refractivity contribution in [2.24, 2.45) is 28.9 Å². The molecule has 0 aromatic carbocycles. The largest absolute Gasteiger partial charge is 0.394 e. The van der Waals surface area contributed by atoms with Gasteiger partial charge in [-0.2, -0.15) is 0 Å². The van der Waals surface area contributed by atoms with Gasteiger partial charge in [-0.3, -0.25) is 52.7 Å². The number of hydrogen-bond donors (Lipinski definition) is 19. The van der Waals surface area contributed by atoms with Crippen LogP contribution in [-0.4, -0.2) is 204 Å². The molecule has 1 aliphatic heterocycles. The molecule has 23 N–H and O–H groups in total. The molecular weight excluding hydrogens is 1030 g/mol. The van der Waals surface area contributed by atoms with Crippen molar-refractivity contribution in [2.45, 2.75) is 184 Å². The second kappa shape index (κ2) is 37.6. The second-order valence-corrected chi connectivity index (χ2v) is 19.6. The van der Waals surface area contributed by atoms with Crippen molar-refractivity contribution in [3.8, 4) is 0 Å². The van der Waals surface area contributed by atoms with Gasteiger partial charge < -0.3 is 102 Å². The Balaban J connectivity index is 3.71. The van der Waals surface area contributed by atoms with Crippen LogP contribution in [0.2, 0.25) is 0 Å². The SMILES string of the molecule is CCCCCCCC(=O)N[C@@H](CCN)C(=O)N[C@H](C(=O)NC(CO)C(=O)N[C@H]1CCNC(=O)[C@H](CO)NC(=O)[C@H](CCN)NC(=O)[C@H](CCN)NC(=O)[C@H]([C@@H](C)O)NC(=O)[C@@H](CC(C)C)NC(=O)[C@H](CCN)NC1=O)[C@@H](C)O. The standard InChI is InChI=1S/C48H89N15O15/c1-6-7-8-9-10-11-36(68)54-28(12-17-49)44(74)62-38(27(5)67)48(78)61-35(24-65)46(76)57-32-16-21-53-39(69)34(23-64)60-42(72)30(14-19-51)55-40(70)31(15-20-52)58-47(77)37(26(4)66)63-45(75)33(22-25(2)3)59-41(71)29(13-18-50)56-43(32)73/h25-35,37-38,64-67H,6-24,49-52H2,1-5H3,(H,53,69)(H,54,68)(H,55,70)(H,56,73)(H,57,76)(H,58,77)(H,59,71)(H,60,72)(H,61,78)(H,62,74)(H,63,75)/t26-,27-,28+,29+,30+,31+,32+,33-,34+,35?,37+,38+/m1/s1. The molecule has 0 aromatic heterocycles. The lowest BCUT2D eigenvalue weighted by Crippen LogP contribution is -2.62. The number of rotatable bonds is 27. The maximum absolute atomic E-state index is 14.2. The topological polar surface area (TPSA) is 505 Å². The first kappa shape index (κ1) is 69.9. The van der Waals surface area contributed by atoms with E-state index in [0.717, 1.165) is 32.6 Å². The van der Waals surface area contributed by atoms with Crippen molar-refractivity contribution < 1.29 is 73.2 Å². The quantitative estimate of drug-likeness (QED) is 0.0340. The molecule has 11 amide bonds. The zero-order chi connectivity index (χ0) is 59.1. The van der Waals surface area contributed by atoms with Crippen LogP contribution in [0.4, 0.5) is 0 Å². The number of carbonyl (C=O) groups excluding carboxylic acids is 11. The van der Waals surface area contributed by atoms with Gasteiger partial charge >= 0.3 is 0 Å². The maximum Gasteiger partial charge on any atom is 0.245 e. The van der Waals surface area contributed by atoms with Crippen LogP contribution in [0.5, 0.6) is 0 Å². The lowest BCUT2D eigenvalue weighted by Gasteiger charge is -2.29. The fraction of sp³-hybridized carbons (Fsp3) is 0.771. The minimum Gasteiger partial charge on any atom is -0.394 e. The Morgan fingerprint density at radius 2 is 1.09 bits per heavy atom. The van der Waals surface area contributed by atoms with E-state index >= 15 is 0 Å². The molecule has 0 saturated carbocycles. The minimum atomic E-state index is -1.89. The van der Waals surface area contributed by atoms with Gasteiger partial charge in [-0.15, -0.1) is 0 Å². The zero-order valence-corrected chi connectivity index (χ0v) is 45.5. The van der Waals surface area contributed by atoms with Crippen LogP contribution in [0.25, 0.3) is 0 Å². The fourth-order valence-electron chi connectivity index (χ4n) is 7.92. The molecule has 1 saturated heterocycles. The van der Waals surface area contributed by atoms with E-state index < -0.39 is 164 Å². The van der Waals surface area contributed by atoms with Crippen molar-refractivity contribution in [1.29, 1.82) is 0 Å². The highest BCUT2D eigenvalue weighted by atomic mass is 16.3. The Labute approximate surface area is 454 Å². The average molecular weight is 1120 g/mol. The highest BCUT2D eigenvalue weighted by Gasteiger charge is 2.37. The summed E-state index contributed by atoms with van der Waals surface area (Å²) < 4.78 is 0. The number of carbonyl (C=O) groups is 11. The molecule has 0 aliphatic carbocycles. The average Bonchev–Trinajstić information content (AvgIpc) is 3.37. The van der Waals surface area contributed by atoms with Crippen molar-refractivity contribution >= 4 is 65.0 Å². The van der Waals surface area contributed by atoms with Gasteiger partial charge in [-0.1, -0.05) is 46.5 Å². The Morgan fingerprint density at radius 3 is 1.58 bits per heavy atom. The number of amides is 11. The van der Waals surface area contributed by atoms with Gasteiger partial charge in [-0.05, 0) is 90.9 Å². The molecule has 30 heteroatoms. The van der Waals surface area contributed by atoms with E-state index in [1.54, 1.807) is 13.8 Å². The van der Waals surface area contributed by atoms with Crippen LogP contribution < -0.4 is 81.4 Å². The van der Waals surface area contributed by atoms with E-state index in [-0.39, 0.29) is 70.6 Å². The highest BCUT2D eigenvalue weighted by molar-refractivity contribution is 5.99. The molecule has 1 fully saturated rings. The number of aliphatic hydroxyl groups is 4. The molecule has 446 valence electrons. The van der Waals surface area contributed by atoms with Gasteiger partial charge in [0.05, 0.1) is 25.4 Å². The van der Waals surface area contributed by atoms with Crippen molar-refractivity contribution in [2.75, 3.05) is 45.9 Å². The first-order valence-corrected chi connectivity index (χ1v) is 26.6. The minimum absolute atomic E-state index is 0.0419. The fourth-order valence-corrected chi connectivity index (χ4v) is 7.92. The first-order chi connectivity index (χ1) is 36.9. The molecule has 0 bridgehead atoms. The second-order valence-electron chi connectivity index (χ2n) is 19.6. The third kappa shape index (κ3) is 25.1. The lowest BCUT2D eigenvalue weighted by molar-refractivity contribution is -0.137.